The third-order valence-electron chi connectivity index (χ3n) is 8.71. The SMILES string of the molecule is COc1ccc(C2CCN(CC(F)(F)F)CC2)c(N2CCC(COc3cc4c(cn3)CCC4CC(=O)O)CC2)c1. The van der Waals surface area contributed by atoms with Crippen LogP contribution in [0, 0.1) is 5.92 Å². The lowest BCUT2D eigenvalue weighted by atomic mass is 9.87. The van der Waals surface area contributed by atoms with Gasteiger partial charge in [0, 0.05) is 37.1 Å². The summed E-state index contributed by atoms with van der Waals surface area (Å²) >= 11 is 0. The first kappa shape index (κ1) is 28.5. The van der Waals surface area contributed by atoms with E-state index in [1.165, 1.54) is 10.5 Å². The van der Waals surface area contributed by atoms with Gasteiger partial charge >= 0.3 is 12.1 Å². The minimum absolute atomic E-state index is 0.0232. The maximum absolute atomic E-state index is 12.8. The molecule has 1 N–H and O–H groups in total. The number of anilines is 1. The van der Waals surface area contributed by atoms with Gasteiger partial charge in [0.1, 0.15) is 5.75 Å². The number of ether oxygens (including phenoxy) is 2. The van der Waals surface area contributed by atoms with Crippen molar-refractivity contribution in [1.29, 1.82) is 0 Å². The van der Waals surface area contributed by atoms with Crippen LogP contribution in [0.15, 0.2) is 30.5 Å². The van der Waals surface area contributed by atoms with Crippen molar-refractivity contribution in [2.45, 2.75) is 63.0 Å². The summed E-state index contributed by atoms with van der Waals surface area (Å²) in [6.07, 6.45) is 2.82. The largest absolute Gasteiger partial charge is 0.497 e. The smallest absolute Gasteiger partial charge is 0.401 e. The van der Waals surface area contributed by atoms with Crippen LogP contribution in [0.25, 0.3) is 0 Å². The standard InChI is InChI=1S/C30H38F3N3O4/c1-39-24-4-5-25(21-8-10-35(11-9-21)19-30(31,32)33)27(15-24)36-12-6-20(7-13-36)18-40-28-16-26-22(14-29(37)38)2-3-23(26)17-34-28/h4-5,15-17,20-22H,2-3,6-14,18-19H2,1H3,(H,37,38). The van der Waals surface area contributed by atoms with Crippen molar-refractivity contribution in [1.82, 2.24) is 9.88 Å². The number of fused-ring (bicyclic) bond motifs is 1. The summed E-state index contributed by atoms with van der Waals surface area (Å²) in [5.41, 5.74) is 4.49. The Hall–Kier alpha value is -3.01. The average molecular weight is 562 g/mol. The van der Waals surface area contributed by atoms with Crippen LogP contribution in [-0.4, -0.2) is 73.6 Å². The van der Waals surface area contributed by atoms with Crippen molar-refractivity contribution in [2.24, 2.45) is 5.92 Å². The maximum Gasteiger partial charge on any atom is 0.401 e. The number of carbonyl (C=O) groups is 1. The van der Waals surface area contributed by atoms with Gasteiger partial charge in [0.2, 0.25) is 5.88 Å². The third-order valence-corrected chi connectivity index (χ3v) is 8.71. The molecule has 5 rings (SSSR count). The summed E-state index contributed by atoms with van der Waals surface area (Å²) in [7, 11) is 1.65. The molecule has 1 unspecified atom stereocenters. The van der Waals surface area contributed by atoms with E-state index in [9.17, 15) is 23.1 Å². The second-order valence-corrected chi connectivity index (χ2v) is 11.4. The van der Waals surface area contributed by atoms with Crippen molar-refractivity contribution in [3.05, 3.63) is 47.2 Å². The third kappa shape index (κ3) is 7.00. The average Bonchev–Trinajstić information content (AvgIpc) is 3.32. The van der Waals surface area contributed by atoms with Crippen LogP contribution < -0.4 is 14.4 Å². The zero-order valence-electron chi connectivity index (χ0n) is 23.0. The minimum Gasteiger partial charge on any atom is -0.497 e. The number of methoxy groups -OCH3 is 1. The normalized spacial score (nSPS) is 20.9. The molecule has 10 heteroatoms. The molecule has 1 aliphatic carbocycles. The zero-order chi connectivity index (χ0) is 28.3. The predicted octanol–water partition coefficient (Wildman–Crippen LogP) is 5.63. The molecule has 1 aromatic heterocycles. The van der Waals surface area contributed by atoms with Crippen LogP contribution in [-0.2, 0) is 11.2 Å². The molecule has 0 amide bonds. The number of alkyl halides is 3. The van der Waals surface area contributed by atoms with Gasteiger partial charge in [-0.15, -0.1) is 0 Å². The molecular weight excluding hydrogens is 523 g/mol. The number of benzene rings is 1. The van der Waals surface area contributed by atoms with Gasteiger partial charge in [0.05, 0.1) is 26.7 Å². The van der Waals surface area contributed by atoms with Crippen LogP contribution in [0.1, 0.15) is 67.1 Å². The Morgan fingerprint density at radius 2 is 1.80 bits per heavy atom. The molecule has 2 saturated heterocycles. The highest BCUT2D eigenvalue weighted by atomic mass is 19.4. The van der Waals surface area contributed by atoms with E-state index in [0.29, 0.717) is 44.3 Å². The number of aryl methyl sites for hydroxylation is 1. The highest BCUT2D eigenvalue weighted by molar-refractivity contribution is 5.68. The van der Waals surface area contributed by atoms with Crippen molar-refractivity contribution in [3.63, 3.8) is 0 Å². The monoisotopic (exact) mass is 561 g/mol. The molecule has 40 heavy (non-hydrogen) atoms. The van der Waals surface area contributed by atoms with Gasteiger partial charge < -0.3 is 19.5 Å². The summed E-state index contributed by atoms with van der Waals surface area (Å²) in [6.45, 7) is 2.34. The summed E-state index contributed by atoms with van der Waals surface area (Å²) < 4.78 is 50.1. The Morgan fingerprint density at radius 3 is 2.48 bits per heavy atom. The predicted molar refractivity (Wildman–Crippen MR) is 145 cm³/mol. The van der Waals surface area contributed by atoms with Gasteiger partial charge in [-0.25, -0.2) is 4.98 Å². The lowest BCUT2D eigenvalue weighted by molar-refractivity contribution is -0.148. The second-order valence-electron chi connectivity index (χ2n) is 11.4. The van der Waals surface area contributed by atoms with Crippen molar-refractivity contribution >= 4 is 11.7 Å². The van der Waals surface area contributed by atoms with Crippen LogP contribution in [0.3, 0.4) is 0 Å². The van der Waals surface area contributed by atoms with E-state index in [-0.39, 0.29) is 18.3 Å². The highest BCUT2D eigenvalue weighted by Gasteiger charge is 2.34. The molecule has 1 atom stereocenters. The van der Waals surface area contributed by atoms with E-state index in [1.807, 2.05) is 18.3 Å². The first-order valence-corrected chi connectivity index (χ1v) is 14.2. The Kier molecular flexibility index (Phi) is 8.73. The molecule has 2 aromatic rings. The number of hydrogen-bond acceptors (Lipinski definition) is 6. The minimum atomic E-state index is -4.16. The number of aliphatic carboxylic acids is 1. The number of carboxylic acid groups (broad SMARTS) is 1. The van der Waals surface area contributed by atoms with E-state index in [4.69, 9.17) is 9.47 Å². The van der Waals surface area contributed by atoms with Crippen molar-refractivity contribution in [3.8, 4) is 11.6 Å². The quantitative estimate of drug-likeness (QED) is 0.425. The molecule has 3 aliphatic rings. The summed E-state index contributed by atoms with van der Waals surface area (Å²) in [4.78, 5) is 19.6. The maximum atomic E-state index is 12.8. The molecule has 1 aromatic carbocycles. The fourth-order valence-corrected chi connectivity index (χ4v) is 6.52. The Bertz CT molecular complexity index is 1180. The number of halogens is 3. The topological polar surface area (TPSA) is 75.1 Å². The second kappa shape index (κ2) is 12.2. The summed E-state index contributed by atoms with van der Waals surface area (Å²) in [6, 6.07) is 8.03. The number of rotatable bonds is 9. The van der Waals surface area contributed by atoms with E-state index >= 15 is 0 Å². The molecule has 3 heterocycles. The molecule has 7 nitrogen and oxygen atoms in total. The van der Waals surface area contributed by atoms with E-state index in [1.54, 1.807) is 7.11 Å². The van der Waals surface area contributed by atoms with E-state index < -0.39 is 18.7 Å². The summed E-state index contributed by atoms with van der Waals surface area (Å²) in [5, 5.41) is 9.22. The number of piperidine rings is 2. The van der Waals surface area contributed by atoms with Gasteiger partial charge in [-0.2, -0.15) is 13.2 Å². The molecule has 2 aliphatic heterocycles. The fraction of sp³-hybridized carbons (Fsp3) is 0.600. The van der Waals surface area contributed by atoms with Crippen molar-refractivity contribution in [2.75, 3.05) is 51.3 Å². The van der Waals surface area contributed by atoms with Crippen LogP contribution in [0.2, 0.25) is 0 Å². The molecule has 0 bridgehead atoms. The van der Waals surface area contributed by atoms with Crippen LogP contribution >= 0.6 is 0 Å². The first-order valence-electron chi connectivity index (χ1n) is 14.2. The summed E-state index contributed by atoms with van der Waals surface area (Å²) in [5.74, 6) is 1.18. The van der Waals surface area contributed by atoms with Gasteiger partial charge in [-0.05, 0) is 92.1 Å². The molecule has 0 saturated carbocycles. The Balaban J connectivity index is 1.17. The van der Waals surface area contributed by atoms with Gasteiger partial charge in [0.25, 0.3) is 0 Å². The molecule has 0 spiro atoms. The lowest BCUT2D eigenvalue weighted by Gasteiger charge is -2.38. The van der Waals surface area contributed by atoms with Gasteiger partial charge in [0.15, 0.2) is 0 Å². The van der Waals surface area contributed by atoms with Crippen LogP contribution in [0.5, 0.6) is 11.6 Å². The number of aromatic nitrogens is 1. The van der Waals surface area contributed by atoms with E-state index in [0.717, 1.165) is 61.3 Å². The number of nitrogens with zero attached hydrogens (tertiary/aromatic N) is 3. The lowest BCUT2D eigenvalue weighted by Crippen LogP contribution is -2.40. The Morgan fingerprint density at radius 1 is 1.05 bits per heavy atom. The molecule has 218 valence electrons. The van der Waals surface area contributed by atoms with Gasteiger partial charge in [-0.3, -0.25) is 9.69 Å². The fourth-order valence-electron chi connectivity index (χ4n) is 6.52. The molecular formula is C30H38F3N3O4. The molecule has 2 fully saturated rings. The van der Waals surface area contributed by atoms with Crippen LogP contribution in [0.4, 0.5) is 18.9 Å². The number of carboxylic acids is 1. The highest BCUT2D eigenvalue weighted by Crippen LogP contribution is 2.39. The zero-order valence-corrected chi connectivity index (χ0v) is 23.0. The van der Waals surface area contributed by atoms with Gasteiger partial charge in [-0.1, -0.05) is 6.07 Å². The number of likely N-dealkylation sites (tertiary alicyclic amines) is 1. The Labute approximate surface area is 233 Å². The number of pyridine rings is 1. The first-order chi connectivity index (χ1) is 19.2. The van der Waals surface area contributed by atoms with E-state index in [2.05, 4.69) is 22.0 Å². The van der Waals surface area contributed by atoms with Crippen molar-refractivity contribution < 1.29 is 32.5 Å². The molecule has 0 radical (unpaired) electrons. The number of hydrogen-bond donors (Lipinski definition) is 1.